The summed E-state index contributed by atoms with van der Waals surface area (Å²) < 4.78 is 24.9. The minimum Gasteiger partial charge on any atom is -0.322 e. The van der Waals surface area contributed by atoms with Gasteiger partial charge in [-0.3, -0.25) is 9.52 Å². The topological polar surface area (TPSA) is 101 Å². The van der Waals surface area contributed by atoms with Gasteiger partial charge >= 0.3 is 0 Å². The van der Waals surface area contributed by atoms with Gasteiger partial charge in [-0.1, -0.05) is 22.0 Å². The van der Waals surface area contributed by atoms with Crippen LogP contribution in [0.1, 0.15) is 10.4 Å². The van der Waals surface area contributed by atoms with E-state index in [1.165, 1.54) is 12.1 Å². The molecule has 0 saturated carbocycles. The Morgan fingerprint density at radius 3 is 2.29 bits per heavy atom. The van der Waals surface area contributed by atoms with Crippen molar-refractivity contribution < 1.29 is 13.2 Å². The third-order valence-electron chi connectivity index (χ3n) is 2.49. The molecule has 2 aromatic rings. The number of nitrogens with one attached hydrogen (secondary N) is 2. The zero-order valence-corrected chi connectivity index (χ0v) is 13.1. The quantitative estimate of drug-likeness (QED) is 0.770. The van der Waals surface area contributed by atoms with Crippen molar-refractivity contribution in [1.29, 1.82) is 0 Å². The zero-order chi connectivity index (χ0) is 15.5. The Hall–Kier alpha value is -1.90. The van der Waals surface area contributed by atoms with Gasteiger partial charge in [0.1, 0.15) is 0 Å². The Morgan fingerprint density at radius 1 is 1.05 bits per heavy atom. The number of carbonyl (C=O) groups excluding carboxylic acids is 1. The molecule has 110 valence electrons. The van der Waals surface area contributed by atoms with E-state index in [-0.39, 0.29) is 11.6 Å². The maximum atomic E-state index is 12.0. The van der Waals surface area contributed by atoms with Gasteiger partial charge in [-0.15, -0.1) is 0 Å². The van der Waals surface area contributed by atoms with Crippen LogP contribution in [0, 0.1) is 0 Å². The van der Waals surface area contributed by atoms with Crippen molar-refractivity contribution in [2.45, 2.75) is 0 Å². The van der Waals surface area contributed by atoms with Crippen molar-refractivity contribution in [3.63, 3.8) is 0 Å². The first-order valence-corrected chi connectivity index (χ1v) is 8.15. The van der Waals surface area contributed by atoms with Crippen molar-refractivity contribution in [3.8, 4) is 0 Å². The van der Waals surface area contributed by atoms with Gasteiger partial charge < -0.3 is 5.32 Å². The largest absolute Gasteiger partial charge is 0.322 e. The van der Waals surface area contributed by atoms with E-state index in [4.69, 9.17) is 5.14 Å². The highest BCUT2D eigenvalue weighted by Crippen LogP contribution is 2.17. The van der Waals surface area contributed by atoms with Crippen LogP contribution in [0.25, 0.3) is 0 Å². The minimum absolute atomic E-state index is 0.270. The highest BCUT2D eigenvalue weighted by Gasteiger charge is 2.07. The number of benzene rings is 2. The van der Waals surface area contributed by atoms with E-state index in [2.05, 4.69) is 26.0 Å². The maximum Gasteiger partial charge on any atom is 0.296 e. The van der Waals surface area contributed by atoms with E-state index in [1.54, 1.807) is 36.4 Å². The van der Waals surface area contributed by atoms with Crippen LogP contribution in [0.15, 0.2) is 53.0 Å². The molecule has 2 aromatic carbocycles. The number of nitrogens with two attached hydrogens (primary N) is 1. The highest BCUT2D eigenvalue weighted by atomic mass is 79.9. The molecular formula is C13H12BrN3O3S. The number of anilines is 2. The van der Waals surface area contributed by atoms with E-state index in [0.29, 0.717) is 11.3 Å². The highest BCUT2D eigenvalue weighted by molar-refractivity contribution is 9.10. The molecule has 0 atom stereocenters. The van der Waals surface area contributed by atoms with Crippen LogP contribution in [-0.2, 0) is 10.2 Å². The summed E-state index contributed by atoms with van der Waals surface area (Å²) in [5.74, 6) is -0.296. The van der Waals surface area contributed by atoms with Crippen molar-refractivity contribution >= 4 is 43.4 Å². The lowest BCUT2D eigenvalue weighted by molar-refractivity contribution is 0.102. The number of amides is 1. The van der Waals surface area contributed by atoms with Crippen LogP contribution >= 0.6 is 15.9 Å². The minimum atomic E-state index is -3.85. The van der Waals surface area contributed by atoms with Gasteiger partial charge in [-0.25, -0.2) is 5.14 Å². The average Bonchev–Trinajstić information content (AvgIpc) is 2.37. The van der Waals surface area contributed by atoms with Crippen molar-refractivity contribution in [3.05, 3.63) is 58.6 Å². The van der Waals surface area contributed by atoms with Gasteiger partial charge in [-0.2, -0.15) is 8.42 Å². The second kappa shape index (κ2) is 6.25. The monoisotopic (exact) mass is 369 g/mol. The molecule has 2 rings (SSSR count). The summed E-state index contributed by atoms with van der Waals surface area (Å²) in [4.78, 5) is 12.0. The molecule has 21 heavy (non-hydrogen) atoms. The Bertz CT molecular complexity index is 760. The zero-order valence-electron chi connectivity index (χ0n) is 10.7. The first-order chi connectivity index (χ1) is 9.83. The molecule has 0 spiro atoms. The number of rotatable bonds is 4. The molecule has 1 amide bonds. The molecule has 4 N–H and O–H groups in total. The molecule has 0 radical (unpaired) electrons. The number of halogens is 1. The molecule has 0 aliphatic carbocycles. The first-order valence-electron chi connectivity index (χ1n) is 5.81. The SMILES string of the molecule is NS(=O)(=O)Nc1cccc(NC(=O)c2ccc(Br)cc2)c1. The second-order valence-electron chi connectivity index (χ2n) is 4.19. The van der Waals surface area contributed by atoms with E-state index >= 15 is 0 Å². The summed E-state index contributed by atoms with van der Waals surface area (Å²) in [5.41, 5.74) is 1.21. The van der Waals surface area contributed by atoms with E-state index in [9.17, 15) is 13.2 Å². The van der Waals surface area contributed by atoms with E-state index < -0.39 is 10.2 Å². The standard InChI is InChI=1S/C13H12BrN3O3S/c14-10-6-4-9(5-7-10)13(18)16-11-2-1-3-12(8-11)17-21(15,19)20/h1-8,17H,(H,16,18)(H2,15,19,20). The van der Waals surface area contributed by atoms with E-state index in [1.807, 2.05) is 0 Å². The lowest BCUT2D eigenvalue weighted by Crippen LogP contribution is -2.21. The number of carbonyl (C=O) groups is 1. The predicted octanol–water partition coefficient (Wildman–Crippen LogP) is 2.32. The fraction of sp³-hybridized carbons (Fsp3) is 0. The molecular weight excluding hydrogens is 358 g/mol. The van der Waals surface area contributed by atoms with Crippen LogP contribution < -0.4 is 15.2 Å². The summed E-state index contributed by atoms with van der Waals surface area (Å²) in [6, 6.07) is 13.1. The lowest BCUT2D eigenvalue weighted by atomic mass is 10.2. The summed E-state index contributed by atoms with van der Waals surface area (Å²) in [7, 11) is -3.85. The third kappa shape index (κ3) is 4.85. The molecule has 0 heterocycles. The Morgan fingerprint density at radius 2 is 1.67 bits per heavy atom. The molecule has 0 aromatic heterocycles. The van der Waals surface area contributed by atoms with Gasteiger partial charge in [0.2, 0.25) is 0 Å². The van der Waals surface area contributed by atoms with Crippen LogP contribution in [0.4, 0.5) is 11.4 Å². The normalized spacial score (nSPS) is 11.0. The molecule has 0 saturated heterocycles. The Kier molecular flexibility index (Phi) is 4.61. The summed E-state index contributed by atoms with van der Waals surface area (Å²) in [6.07, 6.45) is 0. The predicted molar refractivity (Wildman–Crippen MR) is 85.3 cm³/mol. The molecule has 0 fully saturated rings. The number of hydrogen-bond donors (Lipinski definition) is 3. The average molecular weight is 370 g/mol. The van der Waals surface area contributed by atoms with Crippen LogP contribution in [0.2, 0.25) is 0 Å². The van der Waals surface area contributed by atoms with Gasteiger partial charge in [-0.05, 0) is 42.5 Å². The lowest BCUT2D eigenvalue weighted by Gasteiger charge is -2.08. The molecule has 6 nitrogen and oxygen atoms in total. The van der Waals surface area contributed by atoms with Crippen LogP contribution in [0.5, 0.6) is 0 Å². The molecule has 0 aliphatic rings. The molecule has 8 heteroatoms. The Labute approximate surface area is 130 Å². The molecule has 0 unspecified atom stereocenters. The van der Waals surface area contributed by atoms with Gasteiger partial charge in [0.05, 0.1) is 5.69 Å². The third-order valence-corrected chi connectivity index (χ3v) is 3.54. The summed E-state index contributed by atoms with van der Waals surface area (Å²) in [5, 5.41) is 7.57. The fourth-order valence-corrected chi connectivity index (χ4v) is 2.35. The Balaban J connectivity index is 2.14. The van der Waals surface area contributed by atoms with Crippen molar-refractivity contribution in [1.82, 2.24) is 0 Å². The molecule has 0 aliphatic heterocycles. The van der Waals surface area contributed by atoms with Crippen LogP contribution in [-0.4, -0.2) is 14.3 Å². The molecule has 0 bridgehead atoms. The van der Waals surface area contributed by atoms with Crippen molar-refractivity contribution in [2.75, 3.05) is 10.0 Å². The van der Waals surface area contributed by atoms with Gasteiger partial charge in [0.25, 0.3) is 16.1 Å². The van der Waals surface area contributed by atoms with Crippen LogP contribution in [0.3, 0.4) is 0 Å². The summed E-state index contributed by atoms with van der Waals surface area (Å²) in [6.45, 7) is 0. The number of hydrogen-bond acceptors (Lipinski definition) is 3. The summed E-state index contributed by atoms with van der Waals surface area (Å²) >= 11 is 3.29. The van der Waals surface area contributed by atoms with Gasteiger partial charge in [0, 0.05) is 15.7 Å². The van der Waals surface area contributed by atoms with E-state index in [0.717, 1.165) is 4.47 Å². The fourth-order valence-electron chi connectivity index (χ4n) is 1.63. The van der Waals surface area contributed by atoms with Gasteiger partial charge in [0.15, 0.2) is 0 Å². The smallest absolute Gasteiger partial charge is 0.296 e. The second-order valence-corrected chi connectivity index (χ2v) is 6.40. The van der Waals surface area contributed by atoms with Crippen molar-refractivity contribution in [2.24, 2.45) is 5.14 Å². The maximum absolute atomic E-state index is 12.0. The first kappa shape index (κ1) is 15.5.